The van der Waals surface area contributed by atoms with Crippen molar-refractivity contribution in [3.8, 4) is 5.75 Å². The van der Waals surface area contributed by atoms with E-state index in [0.29, 0.717) is 11.4 Å². The summed E-state index contributed by atoms with van der Waals surface area (Å²) in [5.41, 5.74) is 2.26. The van der Waals surface area contributed by atoms with E-state index in [1.165, 1.54) is 4.90 Å². The molecule has 4 amide bonds. The van der Waals surface area contributed by atoms with Crippen LogP contribution in [0.2, 0.25) is 0 Å². The first-order valence-corrected chi connectivity index (χ1v) is 9.93. The summed E-state index contributed by atoms with van der Waals surface area (Å²) in [5.74, 6) is 0.141. The third-order valence-corrected chi connectivity index (χ3v) is 5.19. The van der Waals surface area contributed by atoms with E-state index >= 15 is 0 Å². The molecular weight excluding hydrogens is 396 g/mol. The highest BCUT2D eigenvalue weighted by Crippen LogP contribution is 2.22. The van der Waals surface area contributed by atoms with Crippen LogP contribution in [0.4, 0.5) is 10.5 Å². The molecule has 31 heavy (non-hydrogen) atoms. The summed E-state index contributed by atoms with van der Waals surface area (Å²) in [6, 6.07) is 15.2. The highest BCUT2D eigenvalue weighted by Gasteiger charge is 2.37. The van der Waals surface area contributed by atoms with Crippen molar-refractivity contribution in [1.82, 2.24) is 15.2 Å². The number of benzene rings is 2. The van der Waals surface area contributed by atoms with Crippen molar-refractivity contribution in [3.63, 3.8) is 0 Å². The lowest BCUT2D eigenvalue weighted by Gasteiger charge is -2.13. The molecule has 0 bridgehead atoms. The molecule has 1 aliphatic rings. The first-order chi connectivity index (χ1) is 15.0. The zero-order chi connectivity index (χ0) is 21.8. The molecule has 0 aliphatic carbocycles. The number of nitrogens with zero attached hydrogens (tertiary/aromatic N) is 2. The van der Waals surface area contributed by atoms with Gasteiger partial charge in [-0.3, -0.25) is 19.5 Å². The molecule has 1 atom stereocenters. The molecule has 4 rings (SSSR count). The number of amides is 4. The minimum atomic E-state index is -0.717. The normalized spacial score (nSPS) is 15.8. The zero-order valence-corrected chi connectivity index (χ0v) is 17.0. The molecule has 1 saturated heterocycles. The fourth-order valence-corrected chi connectivity index (χ4v) is 3.54. The molecule has 3 aromatic rings. The zero-order valence-electron chi connectivity index (χ0n) is 17.0. The van der Waals surface area contributed by atoms with Gasteiger partial charge in [-0.15, -0.1) is 0 Å². The number of anilines is 1. The van der Waals surface area contributed by atoms with E-state index in [-0.39, 0.29) is 31.2 Å². The van der Waals surface area contributed by atoms with Gasteiger partial charge in [0.05, 0.1) is 24.9 Å². The smallest absolute Gasteiger partial charge is 0.325 e. The molecule has 0 saturated carbocycles. The van der Waals surface area contributed by atoms with Crippen molar-refractivity contribution in [2.24, 2.45) is 0 Å². The standard InChI is InChI=1S/C23H22N4O4/c1-31-16-9-7-15(8-10-16)14-27-22(29)20(26-23(27)30)11-12-21(28)25-19-6-2-5-18-17(19)4-3-13-24-18/h2-10,13,20H,11-12,14H2,1H3,(H,25,28)(H,26,30)/t20-/m1/s1. The first-order valence-electron chi connectivity index (χ1n) is 9.93. The lowest BCUT2D eigenvalue weighted by Crippen LogP contribution is -2.31. The van der Waals surface area contributed by atoms with Crippen LogP contribution in [0.15, 0.2) is 60.8 Å². The van der Waals surface area contributed by atoms with E-state index < -0.39 is 12.1 Å². The van der Waals surface area contributed by atoms with Crippen LogP contribution < -0.4 is 15.4 Å². The van der Waals surface area contributed by atoms with Gasteiger partial charge in [-0.05, 0) is 48.4 Å². The molecule has 2 aromatic carbocycles. The number of hydrogen-bond acceptors (Lipinski definition) is 5. The number of carbonyl (C=O) groups excluding carboxylic acids is 3. The van der Waals surface area contributed by atoms with Gasteiger partial charge >= 0.3 is 6.03 Å². The Morgan fingerprint density at radius 3 is 2.71 bits per heavy atom. The van der Waals surface area contributed by atoms with Gasteiger partial charge in [0.15, 0.2) is 0 Å². The number of ether oxygens (including phenoxy) is 1. The summed E-state index contributed by atoms with van der Waals surface area (Å²) in [7, 11) is 1.57. The number of hydrogen-bond donors (Lipinski definition) is 2. The van der Waals surface area contributed by atoms with Crippen LogP contribution in [0.5, 0.6) is 5.75 Å². The predicted octanol–water partition coefficient (Wildman–Crippen LogP) is 3.08. The average Bonchev–Trinajstić information content (AvgIpc) is 3.06. The fraction of sp³-hybridized carbons (Fsp3) is 0.217. The summed E-state index contributed by atoms with van der Waals surface area (Å²) in [5, 5.41) is 6.38. The van der Waals surface area contributed by atoms with Crippen LogP contribution >= 0.6 is 0 Å². The van der Waals surface area contributed by atoms with Gasteiger partial charge in [0.2, 0.25) is 5.91 Å². The molecule has 1 fully saturated rings. The largest absolute Gasteiger partial charge is 0.497 e. The minimum absolute atomic E-state index is 0.101. The van der Waals surface area contributed by atoms with Gasteiger partial charge in [-0.1, -0.05) is 18.2 Å². The van der Waals surface area contributed by atoms with E-state index in [1.807, 2.05) is 24.3 Å². The summed E-state index contributed by atoms with van der Waals surface area (Å²) in [4.78, 5) is 42.8. The van der Waals surface area contributed by atoms with E-state index in [1.54, 1.807) is 43.6 Å². The van der Waals surface area contributed by atoms with Crippen LogP contribution in [-0.2, 0) is 16.1 Å². The summed E-state index contributed by atoms with van der Waals surface area (Å²) >= 11 is 0. The predicted molar refractivity (Wildman–Crippen MR) is 115 cm³/mol. The van der Waals surface area contributed by atoms with Gasteiger partial charge in [-0.2, -0.15) is 0 Å². The van der Waals surface area contributed by atoms with Gasteiger partial charge < -0.3 is 15.4 Å². The number of urea groups is 1. The van der Waals surface area contributed by atoms with Crippen LogP contribution in [0.25, 0.3) is 10.9 Å². The number of pyridine rings is 1. The van der Waals surface area contributed by atoms with Crippen molar-refractivity contribution >= 4 is 34.4 Å². The molecular formula is C23H22N4O4. The van der Waals surface area contributed by atoms with Crippen LogP contribution in [-0.4, -0.2) is 40.9 Å². The molecule has 158 valence electrons. The topological polar surface area (TPSA) is 101 Å². The maximum absolute atomic E-state index is 12.7. The second-order valence-electron chi connectivity index (χ2n) is 7.24. The Balaban J connectivity index is 1.34. The Labute approximate surface area is 179 Å². The Morgan fingerprint density at radius 2 is 1.94 bits per heavy atom. The maximum atomic E-state index is 12.7. The molecule has 8 nitrogen and oxygen atoms in total. The molecule has 0 spiro atoms. The van der Waals surface area contributed by atoms with Crippen molar-refractivity contribution < 1.29 is 19.1 Å². The highest BCUT2D eigenvalue weighted by molar-refractivity contribution is 6.05. The number of nitrogens with one attached hydrogen (secondary N) is 2. The monoisotopic (exact) mass is 418 g/mol. The Hall–Kier alpha value is -3.94. The summed E-state index contributed by atoms with van der Waals surface area (Å²) < 4.78 is 5.12. The second kappa shape index (κ2) is 8.83. The minimum Gasteiger partial charge on any atom is -0.497 e. The number of methoxy groups -OCH3 is 1. The van der Waals surface area contributed by atoms with Crippen LogP contribution in [0, 0.1) is 0 Å². The van der Waals surface area contributed by atoms with Gasteiger partial charge in [0, 0.05) is 18.0 Å². The average molecular weight is 418 g/mol. The first kappa shape index (κ1) is 20.3. The molecule has 0 unspecified atom stereocenters. The lowest BCUT2D eigenvalue weighted by atomic mass is 10.1. The molecule has 2 heterocycles. The molecule has 8 heteroatoms. The lowest BCUT2D eigenvalue weighted by molar-refractivity contribution is -0.128. The third kappa shape index (κ3) is 4.48. The summed E-state index contributed by atoms with van der Waals surface area (Å²) in [6.07, 6.45) is 2.02. The molecule has 2 N–H and O–H groups in total. The van der Waals surface area contributed by atoms with Crippen molar-refractivity contribution in [3.05, 3.63) is 66.4 Å². The highest BCUT2D eigenvalue weighted by atomic mass is 16.5. The van der Waals surface area contributed by atoms with Crippen LogP contribution in [0.3, 0.4) is 0 Å². The maximum Gasteiger partial charge on any atom is 0.325 e. The fourth-order valence-electron chi connectivity index (χ4n) is 3.54. The third-order valence-electron chi connectivity index (χ3n) is 5.19. The van der Waals surface area contributed by atoms with E-state index in [4.69, 9.17) is 4.74 Å². The second-order valence-corrected chi connectivity index (χ2v) is 7.24. The van der Waals surface area contributed by atoms with Gasteiger partial charge in [0.25, 0.3) is 5.91 Å². The Kier molecular flexibility index (Phi) is 5.79. The van der Waals surface area contributed by atoms with E-state index in [0.717, 1.165) is 16.5 Å². The number of rotatable bonds is 7. The van der Waals surface area contributed by atoms with Crippen molar-refractivity contribution in [2.45, 2.75) is 25.4 Å². The molecule has 1 aliphatic heterocycles. The van der Waals surface area contributed by atoms with Crippen LogP contribution in [0.1, 0.15) is 18.4 Å². The van der Waals surface area contributed by atoms with Gasteiger partial charge in [0.1, 0.15) is 11.8 Å². The molecule has 0 radical (unpaired) electrons. The Morgan fingerprint density at radius 1 is 1.13 bits per heavy atom. The summed E-state index contributed by atoms with van der Waals surface area (Å²) in [6.45, 7) is 0.167. The van der Waals surface area contributed by atoms with E-state index in [2.05, 4.69) is 15.6 Å². The number of fused-ring (bicyclic) bond motifs is 1. The number of aromatic nitrogens is 1. The van der Waals surface area contributed by atoms with Gasteiger partial charge in [-0.25, -0.2) is 4.79 Å². The van der Waals surface area contributed by atoms with Crippen molar-refractivity contribution in [1.29, 1.82) is 0 Å². The molecule has 1 aromatic heterocycles. The van der Waals surface area contributed by atoms with Crippen molar-refractivity contribution in [2.75, 3.05) is 12.4 Å². The number of carbonyl (C=O) groups is 3. The quantitative estimate of drug-likeness (QED) is 0.575. The van der Waals surface area contributed by atoms with E-state index in [9.17, 15) is 14.4 Å². The SMILES string of the molecule is COc1ccc(CN2C(=O)N[C@H](CCC(=O)Nc3cccc4ncccc34)C2=O)cc1. The number of imide groups is 1. The Bertz CT molecular complexity index is 1120.